The van der Waals surface area contributed by atoms with Gasteiger partial charge in [-0.25, -0.2) is 38.4 Å². The molecule has 2 saturated heterocycles. The number of rotatable bonds is 20. The van der Waals surface area contributed by atoms with Gasteiger partial charge < -0.3 is 52.1 Å². The Morgan fingerprint density at radius 2 is 0.460 bits per heavy atom. The van der Waals surface area contributed by atoms with Gasteiger partial charge in [0.1, 0.15) is 31.5 Å². The summed E-state index contributed by atoms with van der Waals surface area (Å²) in [5.74, 6) is -7.88. The van der Waals surface area contributed by atoms with Crippen molar-refractivity contribution >= 4 is 47.8 Å². The molecule has 0 radical (unpaired) electrons. The number of hydrogen-bond donors (Lipinski definition) is 0. The molecule has 0 bridgehead atoms. The van der Waals surface area contributed by atoms with Crippen molar-refractivity contribution in [2.24, 2.45) is 0 Å². The molecule has 0 amide bonds. The van der Waals surface area contributed by atoms with Crippen molar-refractivity contribution < 1.29 is 90.5 Å². The molecule has 2 heterocycles. The normalized spacial score (nSPS) is 21.3. The molecule has 19 heteroatoms. The van der Waals surface area contributed by atoms with Crippen LogP contribution in [-0.4, -0.2) is 122 Å². The van der Waals surface area contributed by atoms with Crippen molar-refractivity contribution in [3.05, 3.63) is 287 Å². The summed E-state index contributed by atoms with van der Waals surface area (Å²) in [4.78, 5) is 115. The van der Waals surface area contributed by atoms with E-state index in [-0.39, 0.29) is 44.5 Å². The number of carbonyl (C=O) groups excluding carboxylic acids is 8. The van der Waals surface area contributed by atoms with Gasteiger partial charge in [-0.3, -0.25) is 0 Å². The summed E-state index contributed by atoms with van der Waals surface area (Å²) >= 11 is 0. The van der Waals surface area contributed by atoms with Gasteiger partial charge in [0.05, 0.1) is 44.5 Å². The Balaban J connectivity index is 1.14. The molecule has 2 aliphatic rings. The second-order valence-electron chi connectivity index (χ2n) is 19.6. The first kappa shape index (κ1) is 59.6. The monoisotopic (exact) mass is 1170 g/mol. The molecule has 8 aromatic rings. The number of esters is 8. The molecule has 10 rings (SSSR count). The second kappa shape index (κ2) is 28.8. The van der Waals surface area contributed by atoms with Crippen molar-refractivity contribution in [1.29, 1.82) is 0 Å². The van der Waals surface area contributed by atoms with Gasteiger partial charge >= 0.3 is 47.8 Å². The maximum atomic E-state index is 14.7. The fraction of sp³-hybridized carbons (Fsp3) is 0.176. The average molecular weight is 1180 g/mol. The average Bonchev–Trinajstić information content (AvgIpc) is 3.65. The standard InChI is InChI=1S/C68H54O19/c69-59(43-25-9-1-10-26-43)77-41-51-53(81-61(71)45-29-13-3-14-30-45)55(82-62(72)46-31-15-4-16-32-46)57(84-64(74)48-35-19-6-20-36-48)67(79-51)86-54-52(42-78-60(70)44-27-11-2-12-28-44)80-68(87-66(76)50-39-23-8-24-40-50)58(85-65(75)49-37-21-7-22-38-49)56(54)83-63(73)47-33-17-5-18-34-47/h1-40,51-58,67-68H,41-42H2/t51-,52-,53-,54-,55+,56+,57-,58-,67-,68?/m1/s1. The van der Waals surface area contributed by atoms with Gasteiger partial charge in [-0.1, -0.05) is 146 Å². The zero-order chi connectivity index (χ0) is 60.5. The van der Waals surface area contributed by atoms with E-state index in [2.05, 4.69) is 0 Å². The summed E-state index contributed by atoms with van der Waals surface area (Å²) in [6.45, 7) is -1.58. The fourth-order valence-electron chi connectivity index (χ4n) is 9.42. The topological polar surface area (TPSA) is 238 Å². The molecule has 10 atom stereocenters. The van der Waals surface area contributed by atoms with Crippen molar-refractivity contribution in [3.8, 4) is 0 Å². The Morgan fingerprint density at radius 1 is 0.241 bits per heavy atom. The summed E-state index contributed by atoms with van der Waals surface area (Å²) < 4.78 is 69.7. The number of ether oxygens (including phenoxy) is 11. The highest BCUT2D eigenvalue weighted by molar-refractivity contribution is 5.93. The molecule has 0 N–H and O–H groups in total. The smallest absolute Gasteiger partial charge is 0.340 e. The van der Waals surface area contributed by atoms with Crippen LogP contribution in [0.3, 0.4) is 0 Å². The number of carbonyl (C=O) groups is 8. The van der Waals surface area contributed by atoms with Crippen LogP contribution in [-0.2, 0) is 52.1 Å². The van der Waals surface area contributed by atoms with E-state index in [1.807, 2.05) is 0 Å². The van der Waals surface area contributed by atoms with Crippen molar-refractivity contribution in [2.75, 3.05) is 13.2 Å². The van der Waals surface area contributed by atoms with E-state index in [0.717, 1.165) is 0 Å². The van der Waals surface area contributed by atoms with Gasteiger partial charge in [-0.05, 0) is 97.1 Å². The Bertz CT molecular complexity index is 3620. The largest absolute Gasteiger partial charge is 0.459 e. The zero-order valence-corrected chi connectivity index (χ0v) is 46.0. The SMILES string of the molecule is O=C(OC[C@H]1O[C@H](O[C@H]2[C@H](OC(=O)c3ccccc3)[C@@H](OC(=O)c3ccccc3)C(OC(=O)c3ccccc3)O[C@@H]2COC(=O)c2ccccc2)[C@H](OC(=O)c2ccccc2)[C@@H](OC(=O)c2ccccc2)[C@@H]1OC(=O)c1ccccc1)c1ccccc1. The van der Waals surface area contributed by atoms with E-state index in [0.29, 0.717) is 0 Å². The molecule has 0 saturated carbocycles. The third-order valence-electron chi connectivity index (χ3n) is 13.7. The van der Waals surface area contributed by atoms with Crippen LogP contribution in [0.15, 0.2) is 243 Å². The molecule has 0 aliphatic carbocycles. The van der Waals surface area contributed by atoms with Crippen LogP contribution >= 0.6 is 0 Å². The molecule has 0 aromatic heterocycles. The van der Waals surface area contributed by atoms with Crippen molar-refractivity contribution in [3.63, 3.8) is 0 Å². The Labute approximate surface area is 498 Å². The first-order valence-electron chi connectivity index (χ1n) is 27.4. The second-order valence-corrected chi connectivity index (χ2v) is 19.6. The molecule has 87 heavy (non-hydrogen) atoms. The van der Waals surface area contributed by atoms with E-state index in [4.69, 9.17) is 52.1 Å². The summed E-state index contributed by atoms with van der Waals surface area (Å²) in [6.07, 6.45) is -19.4. The lowest BCUT2D eigenvalue weighted by atomic mass is 9.95. The highest BCUT2D eigenvalue weighted by Crippen LogP contribution is 2.37. The summed E-state index contributed by atoms with van der Waals surface area (Å²) in [5, 5.41) is 0. The van der Waals surface area contributed by atoms with Crippen molar-refractivity contribution in [2.45, 2.75) is 61.4 Å². The summed E-state index contributed by atoms with van der Waals surface area (Å²) in [6, 6.07) is 61.7. The molecule has 440 valence electrons. The Hall–Kier alpha value is -10.6. The molecular weight excluding hydrogens is 1120 g/mol. The van der Waals surface area contributed by atoms with Crippen LogP contribution in [0.25, 0.3) is 0 Å². The van der Waals surface area contributed by atoms with Crippen LogP contribution in [0.4, 0.5) is 0 Å². The maximum absolute atomic E-state index is 14.7. The van der Waals surface area contributed by atoms with Gasteiger partial charge in [0.15, 0.2) is 30.7 Å². The van der Waals surface area contributed by atoms with Gasteiger partial charge in [0, 0.05) is 0 Å². The van der Waals surface area contributed by atoms with Crippen LogP contribution in [0.1, 0.15) is 82.9 Å². The Morgan fingerprint density at radius 3 is 0.770 bits per heavy atom. The van der Waals surface area contributed by atoms with Crippen LogP contribution < -0.4 is 0 Å². The third kappa shape index (κ3) is 15.2. The van der Waals surface area contributed by atoms with Gasteiger partial charge in [0.25, 0.3) is 0 Å². The maximum Gasteiger partial charge on any atom is 0.340 e. The van der Waals surface area contributed by atoms with Crippen LogP contribution in [0.5, 0.6) is 0 Å². The van der Waals surface area contributed by atoms with Gasteiger partial charge in [-0.15, -0.1) is 0 Å². The molecule has 8 aromatic carbocycles. The van der Waals surface area contributed by atoms with E-state index in [1.54, 1.807) is 146 Å². The lowest BCUT2D eigenvalue weighted by Gasteiger charge is -2.48. The van der Waals surface area contributed by atoms with Gasteiger partial charge in [0.2, 0.25) is 12.4 Å². The summed E-state index contributed by atoms with van der Waals surface area (Å²) in [7, 11) is 0. The molecule has 0 spiro atoms. The van der Waals surface area contributed by atoms with E-state index in [9.17, 15) is 38.4 Å². The lowest BCUT2D eigenvalue weighted by molar-refractivity contribution is -0.351. The molecular formula is C68H54O19. The lowest BCUT2D eigenvalue weighted by Crippen LogP contribution is -2.67. The van der Waals surface area contributed by atoms with E-state index < -0.39 is 122 Å². The Kier molecular flexibility index (Phi) is 19.7. The van der Waals surface area contributed by atoms with E-state index in [1.165, 1.54) is 97.1 Å². The molecule has 19 nitrogen and oxygen atoms in total. The minimum atomic E-state index is -2.13. The minimum Gasteiger partial charge on any atom is -0.459 e. The van der Waals surface area contributed by atoms with Crippen molar-refractivity contribution in [1.82, 2.24) is 0 Å². The predicted octanol–water partition coefficient (Wildman–Crippen LogP) is 9.52. The van der Waals surface area contributed by atoms with Crippen LogP contribution in [0, 0.1) is 0 Å². The highest BCUT2D eigenvalue weighted by Gasteiger charge is 2.59. The molecule has 2 fully saturated rings. The first-order valence-corrected chi connectivity index (χ1v) is 27.4. The number of hydrogen-bond acceptors (Lipinski definition) is 19. The number of benzene rings is 8. The highest BCUT2D eigenvalue weighted by atomic mass is 16.8. The zero-order valence-electron chi connectivity index (χ0n) is 46.0. The molecule has 2 aliphatic heterocycles. The van der Waals surface area contributed by atoms with Crippen LogP contribution in [0.2, 0.25) is 0 Å². The quantitative estimate of drug-likeness (QED) is 0.0510. The van der Waals surface area contributed by atoms with E-state index >= 15 is 0 Å². The van der Waals surface area contributed by atoms with Gasteiger partial charge in [-0.2, -0.15) is 0 Å². The summed E-state index contributed by atoms with van der Waals surface area (Å²) in [5.41, 5.74) is 0.168. The first-order chi connectivity index (χ1) is 42.5. The minimum absolute atomic E-state index is 0.00860. The third-order valence-corrected chi connectivity index (χ3v) is 13.7. The fourth-order valence-corrected chi connectivity index (χ4v) is 9.42. The molecule has 1 unspecified atom stereocenters. The predicted molar refractivity (Wildman–Crippen MR) is 306 cm³/mol.